The highest BCUT2D eigenvalue weighted by Gasteiger charge is 2.07. The van der Waals surface area contributed by atoms with Crippen LogP contribution in [0.3, 0.4) is 0 Å². The molecule has 108 valence electrons. The molecule has 3 rings (SSSR count). The minimum atomic E-state index is -3.42. The van der Waals surface area contributed by atoms with Crippen LogP contribution in [0.25, 0.3) is 10.9 Å². The number of anilines is 1. The van der Waals surface area contributed by atoms with Crippen molar-refractivity contribution in [1.29, 1.82) is 0 Å². The van der Waals surface area contributed by atoms with E-state index in [0.29, 0.717) is 5.75 Å². The SMILES string of the molecule is CS(=O)(=O)Nc1nccc(Oc2ccc3[nH]ccc3c2)n1. The van der Waals surface area contributed by atoms with Crippen molar-refractivity contribution in [1.82, 2.24) is 15.0 Å². The summed E-state index contributed by atoms with van der Waals surface area (Å²) in [5.74, 6) is 0.829. The Balaban J connectivity index is 1.85. The molecule has 0 aliphatic heterocycles. The lowest BCUT2D eigenvalue weighted by molar-refractivity contribution is 0.463. The second-order valence-corrected chi connectivity index (χ2v) is 6.17. The van der Waals surface area contributed by atoms with E-state index in [9.17, 15) is 8.42 Å². The number of hydrogen-bond donors (Lipinski definition) is 2. The van der Waals surface area contributed by atoms with Crippen LogP contribution in [0, 0.1) is 0 Å². The smallest absolute Gasteiger partial charge is 0.239 e. The van der Waals surface area contributed by atoms with Crippen molar-refractivity contribution in [2.24, 2.45) is 0 Å². The van der Waals surface area contributed by atoms with Crippen LogP contribution in [0.2, 0.25) is 0 Å². The Morgan fingerprint density at radius 2 is 2.10 bits per heavy atom. The summed E-state index contributed by atoms with van der Waals surface area (Å²) in [6, 6.07) is 9.03. The maximum Gasteiger partial charge on any atom is 0.239 e. The van der Waals surface area contributed by atoms with E-state index in [0.717, 1.165) is 17.2 Å². The summed E-state index contributed by atoms with van der Waals surface area (Å²) >= 11 is 0. The molecule has 0 aliphatic carbocycles. The molecular weight excluding hydrogens is 292 g/mol. The third-order valence-electron chi connectivity index (χ3n) is 2.65. The van der Waals surface area contributed by atoms with E-state index in [-0.39, 0.29) is 11.8 Å². The van der Waals surface area contributed by atoms with Gasteiger partial charge in [0.1, 0.15) is 5.75 Å². The highest BCUT2D eigenvalue weighted by atomic mass is 32.2. The highest BCUT2D eigenvalue weighted by Crippen LogP contribution is 2.24. The number of aromatic nitrogens is 3. The minimum absolute atomic E-state index is 0.0299. The van der Waals surface area contributed by atoms with E-state index >= 15 is 0 Å². The summed E-state index contributed by atoms with van der Waals surface area (Å²) in [6.07, 6.45) is 4.29. The molecule has 2 N–H and O–H groups in total. The van der Waals surface area contributed by atoms with Gasteiger partial charge in [-0.2, -0.15) is 4.98 Å². The second kappa shape index (κ2) is 5.06. The molecule has 0 radical (unpaired) electrons. The quantitative estimate of drug-likeness (QED) is 0.769. The summed E-state index contributed by atoms with van der Waals surface area (Å²) in [6.45, 7) is 0. The average molecular weight is 304 g/mol. The Morgan fingerprint density at radius 3 is 2.90 bits per heavy atom. The molecular formula is C13H12N4O3S. The van der Waals surface area contributed by atoms with Crippen molar-refractivity contribution in [3.8, 4) is 11.6 Å². The van der Waals surface area contributed by atoms with Gasteiger partial charge in [-0.25, -0.2) is 13.4 Å². The van der Waals surface area contributed by atoms with Crippen molar-refractivity contribution in [3.63, 3.8) is 0 Å². The van der Waals surface area contributed by atoms with E-state index < -0.39 is 10.0 Å². The number of nitrogens with one attached hydrogen (secondary N) is 2. The van der Waals surface area contributed by atoms with Gasteiger partial charge in [0, 0.05) is 29.4 Å². The molecule has 0 saturated heterocycles. The van der Waals surface area contributed by atoms with Crippen LogP contribution in [0.15, 0.2) is 42.7 Å². The average Bonchev–Trinajstić information content (AvgIpc) is 2.84. The molecule has 3 aromatic rings. The van der Waals surface area contributed by atoms with E-state index in [1.54, 1.807) is 12.1 Å². The Bertz CT molecular complexity index is 889. The first-order valence-electron chi connectivity index (χ1n) is 6.05. The van der Waals surface area contributed by atoms with E-state index in [1.807, 2.05) is 24.4 Å². The predicted octanol–water partition coefficient (Wildman–Crippen LogP) is 2.12. The fraction of sp³-hybridized carbons (Fsp3) is 0.0769. The largest absolute Gasteiger partial charge is 0.439 e. The number of aromatic amines is 1. The van der Waals surface area contributed by atoms with Crippen molar-refractivity contribution < 1.29 is 13.2 Å². The van der Waals surface area contributed by atoms with Gasteiger partial charge in [-0.15, -0.1) is 0 Å². The number of H-pyrrole nitrogens is 1. The summed E-state index contributed by atoms with van der Waals surface area (Å²) in [5.41, 5.74) is 1.00. The molecule has 0 amide bonds. The van der Waals surface area contributed by atoms with E-state index in [1.165, 1.54) is 6.20 Å². The van der Waals surface area contributed by atoms with Crippen molar-refractivity contribution >= 4 is 26.9 Å². The number of benzene rings is 1. The zero-order chi connectivity index (χ0) is 14.9. The third-order valence-corrected chi connectivity index (χ3v) is 3.21. The predicted molar refractivity (Wildman–Crippen MR) is 78.9 cm³/mol. The third kappa shape index (κ3) is 3.29. The summed E-state index contributed by atoms with van der Waals surface area (Å²) in [4.78, 5) is 10.9. The Hall–Kier alpha value is -2.61. The first kappa shape index (κ1) is 13.4. The first-order valence-corrected chi connectivity index (χ1v) is 7.95. The topological polar surface area (TPSA) is 97.0 Å². The maximum atomic E-state index is 11.2. The normalized spacial score (nSPS) is 11.5. The number of fused-ring (bicyclic) bond motifs is 1. The molecule has 0 bridgehead atoms. The molecule has 0 atom stereocenters. The molecule has 0 fully saturated rings. The monoisotopic (exact) mass is 304 g/mol. The Morgan fingerprint density at radius 1 is 1.24 bits per heavy atom. The first-order chi connectivity index (χ1) is 9.99. The van der Waals surface area contributed by atoms with E-state index in [4.69, 9.17) is 4.74 Å². The molecule has 7 nitrogen and oxygen atoms in total. The molecule has 21 heavy (non-hydrogen) atoms. The van der Waals surface area contributed by atoms with Gasteiger partial charge in [-0.1, -0.05) is 0 Å². The van der Waals surface area contributed by atoms with Crippen molar-refractivity contribution in [2.45, 2.75) is 0 Å². The zero-order valence-corrected chi connectivity index (χ0v) is 11.9. The van der Waals surface area contributed by atoms with Crippen LogP contribution in [-0.4, -0.2) is 29.6 Å². The maximum absolute atomic E-state index is 11.2. The van der Waals surface area contributed by atoms with Crippen LogP contribution >= 0.6 is 0 Å². The fourth-order valence-electron chi connectivity index (χ4n) is 1.83. The molecule has 0 spiro atoms. The van der Waals surface area contributed by atoms with Gasteiger partial charge >= 0.3 is 0 Å². The Labute approximate surface area is 121 Å². The van der Waals surface area contributed by atoms with Crippen LogP contribution in [0.4, 0.5) is 5.95 Å². The lowest BCUT2D eigenvalue weighted by Gasteiger charge is -2.06. The number of sulfonamides is 1. The number of ether oxygens (including phenoxy) is 1. The van der Waals surface area contributed by atoms with Gasteiger partial charge < -0.3 is 9.72 Å². The summed E-state index contributed by atoms with van der Waals surface area (Å²) < 4.78 is 30.1. The molecule has 0 aliphatic rings. The molecule has 8 heteroatoms. The van der Waals surface area contributed by atoms with Crippen LogP contribution < -0.4 is 9.46 Å². The molecule has 2 aromatic heterocycles. The van der Waals surface area contributed by atoms with Gasteiger partial charge in [0.05, 0.1) is 6.26 Å². The fourth-order valence-corrected chi connectivity index (χ4v) is 2.26. The lowest BCUT2D eigenvalue weighted by atomic mass is 10.2. The summed E-state index contributed by atoms with van der Waals surface area (Å²) in [7, 11) is -3.42. The van der Waals surface area contributed by atoms with Crippen LogP contribution in [0.5, 0.6) is 11.6 Å². The van der Waals surface area contributed by atoms with Gasteiger partial charge in [0.25, 0.3) is 0 Å². The van der Waals surface area contributed by atoms with Crippen LogP contribution in [0.1, 0.15) is 0 Å². The van der Waals surface area contributed by atoms with Gasteiger partial charge in [-0.05, 0) is 24.3 Å². The molecule has 0 unspecified atom stereocenters. The van der Waals surface area contributed by atoms with E-state index in [2.05, 4.69) is 19.7 Å². The number of hydrogen-bond acceptors (Lipinski definition) is 5. The molecule has 2 heterocycles. The van der Waals surface area contributed by atoms with Crippen LogP contribution in [-0.2, 0) is 10.0 Å². The minimum Gasteiger partial charge on any atom is -0.439 e. The number of nitrogens with zero attached hydrogens (tertiary/aromatic N) is 2. The standard InChI is InChI=1S/C13H12N4O3S/c1-21(18,19)17-13-15-7-5-12(16-13)20-10-2-3-11-9(8-10)4-6-14-11/h2-8,14H,1H3,(H,15,16,17). The molecule has 0 saturated carbocycles. The van der Waals surface area contributed by atoms with Gasteiger partial charge in [0.15, 0.2) is 0 Å². The summed E-state index contributed by atoms with van der Waals surface area (Å²) in [5, 5.41) is 1.01. The van der Waals surface area contributed by atoms with Gasteiger partial charge in [0.2, 0.25) is 21.9 Å². The van der Waals surface area contributed by atoms with Gasteiger partial charge in [-0.3, -0.25) is 4.72 Å². The Kier molecular flexibility index (Phi) is 3.22. The zero-order valence-electron chi connectivity index (χ0n) is 11.1. The molecule has 1 aromatic carbocycles. The second-order valence-electron chi connectivity index (χ2n) is 4.42. The van der Waals surface area contributed by atoms with Crippen molar-refractivity contribution in [3.05, 3.63) is 42.7 Å². The highest BCUT2D eigenvalue weighted by molar-refractivity contribution is 7.91. The van der Waals surface area contributed by atoms with Crippen molar-refractivity contribution in [2.75, 3.05) is 11.0 Å². The lowest BCUT2D eigenvalue weighted by Crippen LogP contribution is -2.12. The number of rotatable bonds is 4.